The van der Waals surface area contributed by atoms with Crippen LogP contribution < -0.4 is 14.4 Å². The van der Waals surface area contributed by atoms with Crippen LogP contribution in [0.3, 0.4) is 0 Å². The van der Waals surface area contributed by atoms with Crippen molar-refractivity contribution in [2.45, 2.75) is 5.41 Å². The summed E-state index contributed by atoms with van der Waals surface area (Å²) in [7, 11) is 0. The van der Waals surface area contributed by atoms with Crippen molar-refractivity contribution < 1.29 is 9.47 Å². The molecule has 83 heavy (non-hydrogen) atoms. The largest absolute Gasteiger partial charge is 0.457 e. The Bertz CT molecular complexity index is 5200. The van der Waals surface area contributed by atoms with Crippen LogP contribution >= 0.6 is 0 Å². The molecule has 1 aliphatic carbocycles. The molecular weight excluding hydrogens is 1020 g/mol. The number of anilines is 3. The second-order valence-electron chi connectivity index (χ2n) is 21.5. The molecule has 0 atom stereocenters. The lowest BCUT2D eigenvalue weighted by Gasteiger charge is -2.40. The van der Waals surface area contributed by atoms with Crippen molar-refractivity contribution in [2.75, 3.05) is 4.90 Å². The molecule has 0 unspecified atom stereocenters. The third-order valence-electron chi connectivity index (χ3n) is 17.4. The Morgan fingerprint density at radius 2 is 0.711 bits per heavy atom. The van der Waals surface area contributed by atoms with Gasteiger partial charge in [0.2, 0.25) is 0 Å². The van der Waals surface area contributed by atoms with Crippen molar-refractivity contribution in [1.29, 1.82) is 10.5 Å². The summed E-state index contributed by atoms with van der Waals surface area (Å²) in [5.74, 6) is 2.82. The van der Waals surface area contributed by atoms with Gasteiger partial charge >= 0.3 is 0 Å². The topological polar surface area (TPSA) is 110 Å². The van der Waals surface area contributed by atoms with E-state index in [4.69, 9.17) is 19.4 Å². The molecule has 10 heteroatoms. The van der Waals surface area contributed by atoms with Crippen LogP contribution in [-0.4, -0.2) is 23.7 Å². The zero-order chi connectivity index (χ0) is 54.7. The lowest BCUT2D eigenvalue weighted by molar-refractivity contribution is 0.436. The Morgan fingerprint density at radius 3 is 1.19 bits per heavy atom. The number of hydrogen-bond donors (Lipinski definition) is 0. The summed E-state index contributed by atoms with van der Waals surface area (Å²) in [5.41, 5.74) is 16.9. The van der Waals surface area contributed by atoms with E-state index in [9.17, 15) is 10.5 Å². The summed E-state index contributed by atoms with van der Waals surface area (Å²) in [4.78, 5) is 13.3. The third kappa shape index (κ3) is 6.07. The van der Waals surface area contributed by atoms with Crippen molar-refractivity contribution in [3.8, 4) is 63.6 Å². The Hall–Kier alpha value is -11.7. The molecule has 0 radical (unpaired) electrons. The molecule has 1 spiro atoms. The van der Waals surface area contributed by atoms with E-state index in [1.165, 1.54) is 0 Å². The van der Waals surface area contributed by atoms with Crippen LogP contribution in [0.25, 0.3) is 93.9 Å². The quantitative estimate of drug-likeness (QED) is 0.173. The zero-order valence-electron chi connectivity index (χ0n) is 44.0. The molecule has 15 aromatic rings. The highest BCUT2D eigenvalue weighted by molar-refractivity contribution is 6.12. The highest BCUT2D eigenvalue weighted by Gasteiger charge is 2.53. The molecule has 10 nitrogen and oxygen atoms in total. The van der Waals surface area contributed by atoms with Gasteiger partial charge in [-0.05, 0) is 109 Å². The predicted octanol–water partition coefficient (Wildman–Crippen LogP) is 17.6. The van der Waals surface area contributed by atoms with Crippen molar-refractivity contribution in [3.05, 3.63) is 276 Å². The van der Waals surface area contributed by atoms with Crippen LogP contribution in [0.1, 0.15) is 33.4 Å². The first-order valence-corrected chi connectivity index (χ1v) is 27.6. The number of para-hydroxylation sites is 8. The van der Waals surface area contributed by atoms with Gasteiger partial charge in [0.1, 0.15) is 11.5 Å². The van der Waals surface area contributed by atoms with Gasteiger partial charge in [-0.25, -0.2) is 0 Å². The second kappa shape index (κ2) is 16.7. The molecular formula is C73H40N8O2. The van der Waals surface area contributed by atoms with E-state index in [1.807, 2.05) is 97.3 Å². The monoisotopic (exact) mass is 1060 g/mol. The Balaban J connectivity index is 0.957. The fraction of sp³-hybridized carbons (Fsp3) is 0.0137. The predicted molar refractivity (Wildman–Crippen MR) is 327 cm³/mol. The number of pyridine rings is 2. The lowest BCUT2D eigenvalue weighted by atomic mass is 9.66. The Kier molecular flexibility index (Phi) is 9.07. The van der Waals surface area contributed by atoms with Gasteiger partial charge in [-0.2, -0.15) is 10.5 Å². The SMILES string of the molecule is N#Cc1ccc2c(c1)c1ccccc1n2-c1ccc2c(c1)Oc1cc(-n3c4ccccc4c4cc(C#N)ccc43)ccc1C21c2cc(N3c4ccccc4Oc4ccccc43)cnc2-c2ncc(-n3c4ccccc4c4ccccc43)cc21. The molecule has 0 saturated heterocycles. The molecule has 384 valence electrons. The van der Waals surface area contributed by atoms with Gasteiger partial charge in [-0.1, -0.05) is 109 Å². The molecule has 2 aliphatic heterocycles. The molecule has 7 heterocycles. The molecule has 0 N–H and O–H groups in total. The maximum absolute atomic E-state index is 10.1. The van der Waals surface area contributed by atoms with E-state index >= 15 is 0 Å². The summed E-state index contributed by atoms with van der Waals surface area (Å²) >= 11 is 0. The molecule has 0 saturated carbocycles. The normalized spacial score (nSPS) is 13.3. The van der Waals surface area contributed by atoms with E-state index in [-0.39, 0.29) is 0 Å². The van der Waals surface area contributed by atoms with Gasteiger partial charge in [0.15, 0.2) is 11.5 Å². The van der Waals surface area contributed by atoms with Gasteiger partial charge in [-0.3, -0.25) is 9.97 Å². The molecule has 0 amide bonds. The summed E-state index contributed by atoms with van der Waals surface area (Å²) in [6.45, 7) is 0. The van der Waals surface area contributed by atoms with Gasteiger partial charge in [0.05, 0.1) is 108 Å². The van der Waals surface area contributed by atoms with E-state index in [1.54, 1.807) is 0 Å². The smallest absolute Gasteiger partial charge is 0.151 e. The van der Waals surface area contributed by atoms with Crippen LogP contribution in [0.5, 0.6) is 23.0 Å². The van der Waals surface area contributed by atoms with E-state index in [0.717, 1.165) is 145 Å². The number of hydrogen-bond acceptors (Lipinski definition) is 7. The fourth-order valence-corrected chi connectivity index (χ4v) is 14.0. The number of benzene rings is 10. The van der Waals surface area contributed by atoms with E-state index in [2.05, 4.69) is 176 Å². The number of rotatable bonds is 4. The minimum atomic E-state index is -1.08. The van der Waals surface area contributed by atoms with Gasteiger partial charge in [-0.15, -0.1) is 0 Å². The molecule has 10 aromatic carbocycles. The van der Waals surface area contributed by atoms with Crippen LogP contribution in [0, 0.1) is 22.7 Å². The van der Waals surface area contributed by atoms with Crippen molar-refractivity contribution >= 4 is 82.5 Å². The van der Waals surface area contributed by atoms with Crippen molar-refractivity contribution in [3.63, 3.8) is 0 Å². The summed E-state index contributed by atoms with van der Waals surface area (Å²) < 4.78 is 21.0. The summed E-state index contributed by atoms with van der Waals surface area (Å²) in [6.07, 6.45) is 3.97. The summed E-state index contributed by atoms with van der Waals surface area (Å²) in [6, 6.07) is 84.6. The number of fused-ring (bicyclic) bond motifs is 20. The standard InChI is InChI=1S/C73H40N8O2/c74-39-43-25-31-63-53(33-43)51-15-3-7-19-61(51)78(63)45-27-29-55-69(37-45)83-70-38-46(79-62-20-8-4-16-52(62)54-34-44(40-75)26-32-64(54)79)28-30-56(70)73(55)57-35-47(80-59-17-5-1-13-49(59)50-14-2-6-18-60(50)80)41-76-71(57)72-58(73)36-48(42-77-72)81-65-21-9-11-23-67(65)82-68-24-12-10-22-66(68)81/h1-38,41-42H. The average molecular weight is 1060 g/mol. The Labute approximate surface area is 474 Å². The maximum Gasteiger partial charge on any atom is 0.151 e. The minimum absolute atomic E-state index is 0.599. The average Bonchev–Trinajstić information content (AvgIpc) is 2.65. The highest BCUT2D eigenvalue weighted by atomic mass is 16.5. The van der Waals surface area contributed by atoms with Crippen molar-refractivity contribution in [2.24, 2.45) is 0 Å². The lowest BCUT2D eigenvalue weighted by Crippen LogP contribution is -2.33. The number of ether oxygens (including phenoxy) is 2. The third-order valence-corrected chi connectivity index (χ3v) is 17.4. The first-order valence-electron chi connectivity index (χ1n) is 27.6. The first kappa shape index (κ1) is 45.2. The van der Waals surface area contributed by atoms with Gasteiger partial charge in [0.25, 0.3) is 0 Å². The maximum atomic E-state index is 10.1. The van der Waals surface area contributed by atoms with E-state index < -0.39 is 5.41 Å². The van der Waals surface area contributed by atoms with Crippen LogP contribution in [0.15, 0.2) is 243 Å². The number of nitrogens with zero attached hydrogens (tertiary/aromatic N) is 8. The first-order chi connectivity index (χ1) is 41.0. The Morgan fingerprint density at radius 1 is 0.325 bits per heavy atom. The number of nitriles is 2. The fourth-order valence-electron chi connectivity index (χ4n) is 14.0. The zero-order valence-corrected chi connectivity index (χ0v) is 44.0. The van der Waals surface area contributed by atoms with E-state index in [0.29, 0.717) is 22.6 Å². The molecule has 0 fully saturated rings. The van der Waals surface area contributed by atoms with Crippen LogP contribution in [0.4, 0.5) is 17.1 Å². The molecule has 0 bridgehead atoms. The van der Waals surface area contributed by atoms with Crippen LogP contribution in [0.2, 0.25) is 0 Å². The van der Waals surface area contributed by atoms with Crippen LogP contribution in [-0.2, 0) is 5.41 Å². The molecule has 3 aliphatic rings. The van der Waals surface area contributed by atoms with Gasteiger partial charge in [0, 0.05) is 78.1 Å². The number of aromatic nitrogens is 5. The highest BCUT2D eigenvalue weighted by Crippen LogP contribution is 2.63. The molecule has 18 rings (SSSR count). The second-order valence-corrected chi connectivity index (χ2v) is 21.5. The summed E-state index contributed by atoms with van der Waals surface area (Å²) in [5, 5.41) is 26.6. The minimum Gasteiger partial charge on any atom is -0.457 e. The van der Waals surface area contributed by atoms with Gasteiger partial charge < -0.3 is 28.1 Å². The van der Waals surface area contributed by atoms with Crippen molar-refractivity contribution in [1.82, 2.24) is 23.7 Å². The molecule has 5 aromatic heterocycles.